The molecule has 4 heteroatoms. The number of hydrogen-bond donors (Lipinski definition) is 0. The van der Waals surface area contributed by atoms with Crippen molar-refractivity contribution in [3.63, 3.8) is 0 Å². The molecular weight excluding hydrogens is 129 g/mol. The lowest BCUT2D eigenvalue weighted by molar-refractivity contribution is -0.133. The molecule has 0 saturated carbocycles. The smallest absolute Gasteiger partial charge is 0.171 e. The van der Waals surface area contributed by atoms with Crippen LogP contribution in [0.4, 0.5) is 13.2 Å². The summed E-state index contributed by atoms with van der Waals surface area (Å²) in [5.41, 5.74) is 0. The molecule has 0 amide bonds. The minimum Gasteiger partial charge on any atom is -0.171 e. The fraction of sp³-hybridized carbons (Fsp3) is 0.750. The van der Waals surface area contributed by atoms with Gasteiger partial charge >= 0.3 is 29.2 Å². The maximum atomic E-state index is 11.0. The zero-order chi connectivity index (χ0) is 5.91. The molecule has 8 heavy (non-hydrogen) atoms. The fourth-order valence-electron chi connectivity index (χ4n) is 0.200. The van der Waals surface area contributed by atoms with Crippen LogP contribution in [0, 0.1) is 6.92 Å². The van der Waals surface area contributed by atoms with Crippen molar-refractivity contribution >= 4 is 23.1 Å². The van der Waals surface area contributed by atoms with Gasteiger partial charge in [-0.05, 0) is 6.42 Å². The topological polar surface area (TPSA) is 0 Å². The summed E-state index contributed by atoms with van der Waals surface area (Å²) in [5.74, 6) is 0. The molecule has 0 atom stereocenters. The SMILES string of the molecule is [CH2]CCC(F)(F)F.[MgH2]. The van der Waals surface area contributed by atoms with E-state index in [2.05, 4.69) is 6.92 Å². The monoisotopic (exact) mass is 137 g/mol. The van der Waals surface area contributed by atoms with Gasteiger partial charge in [-0.25, -0.2) is 0 Å². The second kappa shape index (κ2) is 4.44. The summed E-state index contributed by atoms with van der Waals surface area (Å²) in [6.07, 6.45) is -4.85. The molecule has 0 unspecified atom stereocenters. The number of rotatable bonds is 1. The first-order valence-corrected chi connectivity index (χ1v) is 1.92. The van der Waals surface area contributed by atoms with Gasteiger partial charge in [0, 0.05) is 6.42 Å². The Kier molecular flexibility index (Phi) is 6.30. The molecule has 0 saturated heterocycles. The highest BCUT2D eigenvalue weighted by molar-refractivity contribution is 5.75. The van der Waals surface area contributed by atoms with Crippen molar-refractivity contribution in [2.24, 2.45) is 0 Å². The zero-order valence-electron chi connectivity index (χ0n) is 3.76. The average molecular weight is 137 g/mol. The van der Waals surface area contributed by atoms with Crippen LogP contribution in [0.2, 0.25) is 0 Å². The van der Waals surface area contributed by atoms with E-state index in [1.165, 1.54) is 0 Å². The summed E-state index contributed by atoms with van der Waals surface area (Å²) < 4.78 is 33.0. The molecule has 0 rings (SSSR count). The quantitative estimate of drug-likeness (QED) is 0.477. The molecule has 0 fully saturated rings. The predicted molar refractivity (Wildman–Crippen MR) is 29.2 cm³/mol. The molecule has 0 bridgehead atoms. The van der Waals surface area contributed by atoms with Gasteiger partial charge in [0.25, 0.3) is 0 Å². The van der Waals surface area contributed by atoms with Gasteiger partial charge in [-0.1, -0.05) is 6.92 Å². The zero-order valence-corrected chi connectivity index (χ0v) is 3.76. The van der Waals surface area contributed by atoms with Gasteiger partial charge in [0.1, 0.15) is 0 Å². The standard InChI is InChI=1S/C4H6F3.Mg.2H/c1-2-3-4(5,6)7;;;/h1-3H2;;;. The third kappa shape index (κ3) is 9.75. The summed E-state index contributed by atoms with van der Waals surface area (Å²) >= 11 is 0. The maximum Gasteiger partial charge on any atom is 0.389 e. The molecule has 0 aromatic carbocycles. The third-order valence-electron chi connectivity index (χ3n) is 0.460. The van der Waals surface area contributed by atoms with Crippen LogP contribution in [0.1, 0.15) is 12.8 Å². The van der Waals surface area contributed by atoms with Crippen molar-refractivity contribution in [1.29, 1.82) is 0 Å². The minimum atomic E-state index is -4.01. The second-order valence-corrected chi connectivity index (χ2v) is 1.22. The van der Waals surface area contributed by atoms with E-state index < -0.39 is 12.6 Å². The molecule has 0 N–H and O–H groups in total. The van der Waals surface area contributed by atoms with E-state index in [1.54, 1.807) is 0 Å². The highest BCUT2D eigenvalue weighted by atomic mass is 24.3. The Balaban J connectivity index is 0. The van der Waals surface area contributed by atoms with Crippen LogP contribution in [0.5, 0.6) is 0 Å². The van der Waals surface area contributed by atoms with E-state index in [0.717, 1.165) is 0 Å². The van der Waals surface area contributed by atoms with Gasteiger partial charge in [0.2, 0.25) is 0 Å². The van der Waals surface area contributed by atoms with E-state index >= 15 is 0 Å². The summed E-state index contributed by atoms with van der Waals surface area (Å²) in [6.45, 7) is 3.05. The van der Waals surface area contributed by atoms with E-state index in [9.17, 15) is 13.2 Å². The van der Waals surface area contributed by atoms with Crippen molar-refractivity contribution in [2.75, 3.05) is 0 Å². The Morgan fingerprint density at radius 1 is 1.25 bits per heavy atom. The summed E-state index contributed by atoms with van der Waals surface area (Å²) in [6, 6.07) is 0. The van der Waals surface area contributed by atoms with Gasteiger partial charge in [-0.2, -0.15) is 13.2 Å². The highest BCUT2D eigenvalue weighted by Crippen LogP contribution is 2.20. The van der Waals surface area contributed by atoms with Crippen LogP contribution >= 0.6 is 0 Å². The Bertz CT molecular complexity index is 49.7. The third-order valence-corrected chi connectivity index (χ3v) is 0.460. The number of alkyl halides is 3. The summed E-state index contributed by atoms with van der Waals surface area (Å²) in [4.78, 5) is 0. The van der Waals surface area contributed by atoms with Gasteiger partial charge in [0.15, 0.2) is 0 Å². The van der Waals surface area contributed by atoms with E-state index in [-0.39, 0.29) is 29.5 Å². The average Bonchev–Trinajstić information content (AvgIpc) is 1.30. The molecule has 0 aliphatic rings. The van der Waals surface area contributed by atoms with E-state index in [4.69, 9.17) is 0 Å². The molecule has 0 aromatic rings. The van der Waals surface area contributed by atoms with E-state index in [1.807, 2.05) is 0 Å². The summed E-state index contributed by atoms with van der Waals surface area (Å²) in [7, 11) is 0. The first-order chi connectivity index (χ1) is 3.06. The molecular formula is C4H8F3Mg. The fourth-order valence-corrected chi connectivity index (χ4v) is 0.200. The van der Waals surface area contributed by atoms with Crippen LogP contribution in [0.25, 0.3) is 0 Å². The van der Waals surface area contributed by atoms with Crippen LogP contribution in [0.15, 0.2) is 0 Å². The van der Waals surface area contributed by atoms with Crippen LogP contribution in [-0.2, 0) is 0 Å². The normalized spacial score (nSPS) is 10.5. The Hall–Kier alpha value is 0.556. The van der Waals surface area contributed by atoms with Crippen molar-refractivity contribution in [2.45, 2.75) is 19.0 Å². The second-order valence-electron chi connectivity index (χ2n) is 1.22. The van der Waals surface area contributed by atoms with Crippen LogP contribution in [0.3, 0.4) is 0 Å². The van der Waals surface area contributed by atoms with Gasteiger partial charge < -0.3 is 0 Å². The maximum absolute atomic E-state index is 11.0. The number of halogens is 3. The molecule has 0 heterocycles. The lowest BCUT2D eigenvalue weighted by Gasteiger charge is -2.00. The van der Waals surface area contributed by atoms with Crippen LogP contribution < -0.4 is 0 Å². The largest absolute Gasteiger partial charge is 0.389 e. The van der Waals surface area contributed by atoms with Crippen molar-refractivity contribution in [1.82, 2.24) is 0 Å². The first kappa shape index (κ1) is 11.4. The predicted octanol–water partition coefficient (Wildman–Crippen LogP) is 1.25. The van der Waals surface area contributed by atoms with Gasteiger partial charge in [-0.15, -0.1) is 0 Å². The Morgan fingerprint density at radius 2 is 1.62 bits per heavy atom. The lowest BCUT2D eigenvalue weighted by atomic mass is 10.3. The van der Waals surface area contributed by atoms with Crippen molar-refractivity contribution in [3.05, 3.63) is 6.92 Å². The highest BCUT2D eigenvalue weighted by Gasteiger charge is 2.24. The van der Waals surface area contributed by atoms with Crippen molar-refractivity contribution < 1.29 is 13.2 Å². The van der Waals surface area contributed by atoms with Gasteiger partial charge in [0.05, 0.1) is 0 Å². The summed E-state index contributed by atoms with van der Waals surface area (Å²) in [5, 5.41) is 0. The molecule has 0 aromatic heterocycles. The molecule has 47 valence electrons. The Morgan fingerprint density at radius 3 is 1.62 bits per heavy atom. The van der Waals surface area contributed by atoms with Gasteiger partial charge in [-0.3, -0.25) is 0 Å². The molecule has 0 nitrogen and oxygen atoms in total. The minimum absolute atomic E-state index is 0. The molecule has 0 aliphatic carbocycles. The lowest BCUT2D eigenvalue weighted by Crippen LogP contribution is -2.04. The van der Waals surface area contributed by atoms with Crippen molar-refractivity contribution in [3.8, 4) is 0 Å². The van der Waals surface area contributed by atoms with Crippen LogP contribution in [-0.4, -0.2) is 29.2 Å². The molecule has 0 spiro atoms. The number of hydrogen-bond acceptors (Lipinski definition) is 0. The molecule has 1 radical (unpaired) electrons. The molecule has 0 aliphatic heterocycles. The first-order valence-electron chi connectivity index (χ1n) is 1.92. The van der Waals surface area contributed by atoms with E-state index in [0.29, 0.717) is 0 Å². The Labute approximate surface area is 62.6 Å².